The average molecular weight is 203 g/mol. The lowest BCUT2D eigenvalue weighted by Gasteiger charge is -2.42. The van der Waals surface area contributed by atoms with Crippen LogP contribution in [0.15, 0.2) is 0 Å². The molecule has 0 bridgehead atoms. The zero-order valence-electron chi connectivity index (χ0n) is 8.93. The Bertz CT molecular complexity index is 177. The molecule has 0 aromatic carbocycles. The van der Waals surface area contributed by atoms with Gasteiger partial charge >= 0.3 is 0 Å². The molecule has 4 heteroatoms. The highest BCUT2D eigenvalue weighted by Gasteiger charge is 2.38. The Balaban J connectivity index is 2.52. The van der Waals surface area contributed by atoms with Crippen LogP contribution in [-0.4, -0.2) is 57.7 Å². The summed E-state index contributed by atoms with van der Waals surface area (Å²) in [6.45, 7) is 5.32. The van der Waals surface area contributed by atoms with Gasteiger partial charge in [-0.1, -0.05) is 13.3 Å². The molecule has 3 unspecified atom stereocenters. The lowest BCUT2D eigenvalue weighted by molar-refractivity contribution is -0.133. The highest BCUT2D eigenvalue weighted by atomic mass is 16.4. The van der Waals surface area contributed by atoms with Gasteiger partial charge in [0.15, 0.2) is 0 Å². The highest BCUT2D eigenvalue weighted by molar-refractivity contribution is 4.91. The topological polar surface area (TPSA) is 63.9 Å². The smallest absolute Gasteiger partial charge is 0.108 e. The maximum atomic E-state index is 9.63. The van der Waals surface area contributed by atoms with Gasteiger partial charge in [-0.15, -0.1) is 0 Å². The van der Waals surface area contributed by atoms with Crippen molar-refractivity contribution in [2.45, 2.75) is 51.0 Å². The maximum absolute atomic E-state index is 9.63. The molecule has 1 aliphatic heterocycles. The Morgan fingerprint density at radius 1 is 1.21 bits per heavy atom. The monoisotopic (exact) mass is 203 g/mol. The van der Waals surface area contributed by atoms with Crippen LogP contribution in [0.4, 0.5) is 0 Å². The second kappa shape index (κ2) is 5.07. The molecule has 4 atom stereocenters. The third-order valence-electron chi connectivity index (χ3n) is 3.03. The van der Waals surface area contributed by atoms with E-state index in [2.05, 4.69) is 6.92 Å². The Labute approximate surface area is 85.2 Å². The molecule has 14 heavy (non-hydrogen) atoms. The van der Waals surface area contributed by atoms with Crippen molar-refractivity contribution in [2.75, 3.05) is 13.1 Å². The van der Waals surface area contributed by atoms with Gasteiger partial charge in [-0.2, -0.15) is 0 Å². The van der Waals surface area contributed by atoms with Crippen LogP contribution in [0.25, 0.3) is 0 Å². The van der Waals surface area contributed by atoms with E-state index in [-0.39, 0.29) is 6.04 Å². The van der Waals surface area contributed by atoms with E-state index in [9.17, 15) is 15.3 Å². The number of unbranched alkanes of at least 4 members (excludes halogenated alkanes) is 1. The van der Waals surface area contributed by atoms with Crippen molar-refractivity contribution in [1.29, 1.82) is 0 Å². The van der Waals surface area contributed by atoms with Crippen molar-refractivity contribution >= 4 is 0 Å². The van der Waals surface area contributed by atoms with E-state index in [1.807, 2.05) is 11.8 Å². The second-order valence-corrected chi connectivity index (χ2v) is 4.14. The lowest BCUT2D eigenvalue weighted by Crippen LogP contribution is -2.60. The molecule has 84 valence electrons. The van der Waals surface area contributed by atoms with Gasteiger partial charge in [-0.05, 0) is 19.9 Å². The van der Waals surface area contributed by atoms with E-state index >= 15 is 0 Å². The summed E-state index contributed by atoms with van der Waals surface area (Å²) in [6.07, 6.45) is -0.505. The molecule has 0 aromatic heterocycles. The van der Waals surface area contributed by atoms with E-state index in [1.165, 1.54) is 0 Å². The fraction of sp³-hybridized carbons (Fsp3) is 1.00. The summed E-state index contributed by atoms with van der Waals surface area (Å²) < 4.78 is 0. The third-order valence-corrected chi connectivity index (χ3v) is 3.03. The van der Waals surface area contributed by atoms with Crippen LogP contribution in [0.2, 0.25) is 0 Å². The molecular formula is C10H21NO3. The van der Waals surface area contributed by atoms with Crippen molar-refractivity contribution in [3.63, 3.8) is 0 Å². The first-order chi connectivity index (χ1) is 6.57. The minimum Gasteiger partial charge on any atom is -0.389 e. The first kappa shape index (κ1) is 11.9. The fourth-order valence-corrected chi connectivity index (χ4v) is 1.90. The van der Waals surface area contributed by atoms with Crippen molar-refractivity contribution < 1.29 is 15.3 Å². The molecule has 0 spiro atoms. The predicted octanol–water partition coefficient (Wildman–Crippen LogP) is -0.427. The first-order valence-corrected chi connectivity index (χ1v) is 5.36. The quantitative estimate of drug-likeness (QED) is 0.582. The first-order valence-electron chi connectivity index (χ1n) is 5.36. The normalized spacial score (nSPS) is 40.1. The minimum absolute atomic E-state index is 0.0695. The van der Waals surface area contributed by atoms with E-state index in [0.29, 0.717) is 6.54 Å². The molecule has 0 radical (unpaired) electrons. The maximum Gasteiger partial charge on any atom is 0.108 e. The van der Waals surface area contributed by atoms with E-state index in [1.54, 1.807) is 0 Å². The van der Waals surface area contributed by atoms with Gasteiger partial charge in [0.05, 0.1) is 12.2 Å². The molecule has 1 aliphatic rings. The molecular weight excluding hydrogens is 182 g/mol. The predicted molar refractivity (Wildman–Crippen MR) is 54.0 cm³/mol. The average Bonchev–Trinajstić information content (AvgIpc) is 2.18. The van der Waals surface area contributed by atoms with Crippen LogP contribution in [0.5, 0.6) is 0 Å². The van der Waals surface area contributed by atoms with Crippen molar-refractivity contribution in [1.82, 2.24) is 4.90 Å². The lowest BCUT2D eigenvalue weighted by atomic mass is 9.95. The van der Waals surface area contributed by atoms with Crippen LogP contribution in [0.3, 0.4) is 0 Å². The number of aliphatic hydroxyl groups excluding tert-OH is 3. The Morgan fingerprint density at radius 2 is 1.86 bits per heavy atom. The molecule has 1 rings (SSSR count). The second-order valence-electron chi connectivity index (χ2n) is 4.14. The van der Waals surface area contributed by atoms with Crippen LogP contribution >= 0.6 is 0 Å². The van der Waals surface area contributed by atoms with Gasteiger partial charge in [0, 0.05) is 12.6 Å². The molecule has 1 fully saturated rings. The SMILES string of the molecule is CCCCN1CC(O)C(O)[C@H](O)C1C. The number of β-amino-alcohol motifs (C(OH)–C–C–N with tert-alkyl or cyclic N) is 1. The summed E-state index contributed by atoms with van der Waals surface area (Å²) in [5, 5.41) is 28.6. The molecule has 0 aliphatic carbocycles. The molecule has 0 saturated carbocycles. The summed E-state index contributed by atoms with van der Waals surface area (Å²) in [5.41, 5.74) is 0. The van der Waals surface area contributed by atoms with Crippen molar-refractivity contribution in [2.24, 2.45) is 0 Å². The summed E-state index contributed by atoms with van der Waals surface area (Å²) in [5.74, 6) is 0. The van der Waals surface area contributed by atoms with Gasteiger partial charge < -0.3 is 15.3 Å². The third kappa shape index (κ3) is 2.45. The highest BCUT2D eigenvalue weighted by Crippen LogP contribution is 2.18. The number of hydrogen-bond donors (Lipinski definition) is 3. The molecule has 0 aromatic rings. The van der Waals surface area contributed by atoms with Crippen LogP contribution < -0.4 is 0 Å². The zero-order valence-corrected chi connectivity index (χ0v) is 8.93. The Morgan fingerprint density at radius 3 is 2.43 bits per heavy atom. The number of nitrogens with zero attached hydrogens (tertiary/aromatic N) is 1. The van der Waals surface area contributed by atoms with Crippen molar-refractivity contribution in [3.05, 3.63) is 0 Å². The van der Waals surface area contributed by atoms with Crippen molar-refractivity contribution in [3.8, 4) is 0 Å². The molecule has 4 nitrogen and oxygen atoms in total. The molecule has 1 saturated heterocycles. The van der Waals surface area contributed by atoms with Gasteiger partial charge in [0.2, 0.25) is 0 Å². The molecule has 1 heterocycles. The van der Waals surface area contributed by atoms with Crippen LogP contribution in [0.1, 0.15) is 26.7 Å². The summed E-state index contributed by atoms with van der Waals surface area (Å²) in [4.78, 5) is 2.03. The van der Waals surface area contributed by atoms with Gasteiger partial charge in [0.25, 0.3) is 0 Å². The molecule has 0 amide bonds. The fourth-order valence-electron chi connectivity index (χ4n) is 1.90. The summed E-state index contributed by atoms with van der Waals surface area (Å²) in [6, 6.07) is -0.0695. The largest absolute Gasteiger partial charge is 0.389 e. The number of aliphatic hydroxyl groups is 3. The Kier molecular flexibility index (Phi) is 4.31. The minimum atomic E-state index is -0.997. The van der Waals surface area contributed by atoms with Crippen LogP contribution in [0, 0.1) is 0 Å². The van der Waals surface area contributed by atoms with Gasteiger partial charge in [0.1, 0.15) is 6.10 Å². The number of hydrogen-bond acceptors (Lipinski definition) is 4. The zero-order chi connectivity index (χ0) is 10.7. The standard InChI is InChI=1S/C10H21NO3/c1-3-4-5-11-6-8(12)10(14)9(13)7(11)2/h7-10,12-14H,3-6H2,1-2H3/t7?,8?,9-,10?/m1/s1. The number of likely N-dealkylation sites (tertiary alicyclic amines) is 1. The van der Waals surface area contributed by atoms with Crippen LogP contribution in [-0.2, 0) is 0 Å². The van der Waals surface area contributed by atoms with Gasteiger partial charge in [-0.3, -0.25) is 4.90 Å². The number of rotatable bonds is 3. The van der Waals surface area contributed by atoms with E-state index < -0.39 is 18.3 Å². The summed E-state index contributed by atoms with van der Waals surface area (Å²) >= 11 is 0. The Hall–Kier alpha value is -0.160. The van der Waals surface area contributed by atoms with Gasteiger partial charge in [-0.25, -0.2) is 0 Å². The van der Waals surface area contributed by atoms with E-state index in [4.69, 9.17) is 0 Å². The van der Waals surface area contributed by atoms with E-state index in [0.717, 1.165) is 19.4 Å². The summed E-state index contributed by atoms with van der Waals surface area (Å²) in [7, 11) is 0. The molecule has 3 N–H and O–H groups in total. The number of piperidine rings is 1.